The Morgan fingerprint density at radius 2 is 2.20 bits per heavy atom. The van der Waals surface area contributed by atoms with Gasteiger partial charge in [0.1, 0.15) is 11.6 Å². The Balaban J connectivity index is 3.28. The monoisotopic (exact) mass is 234 g/mol. The lowest BCUT2D eigenvalue weighted by Gasteiger charge is -2.11. The van der Waals surface area contributed by atoms with Gasteiger partial charge in [0.2, 0.25) is 0 Å². The molecule has 2 N–H and O–H groups in total. The highest BCUT2D eigenvalue weighted by molar-refractivity contribution is 6.33. The van der Waals surface area contributed by atoms with E-state index in [0.717, 1.165) is 12.1 Å². The van der Waals surface area contributed by atoms with Crippen molar-refractivity contribution in [3.8, 4) is 5.75 Å². The summed E-state index contributed by atoms with van der Waals surface area (Å²) in [4.78, 5) is 10.5. The van der Waals surface area contributed by atoms with Crippen LogP contribution in [0, 0.1) is 5.82 Å². The van der Waals surface area contributed by atoms with Crippen LogP contribution >= 0.6 is 11.6 Å². The first-order valence-electron chi connectivity index (χ1n) is 3.91. The second-order valence-electron chi connectivity index (χ2n) is 2.75. The molecule has 0 saturated heterocycles. The van der Waals surface area contributed by atoms with Crippen LogP contribution in [-0.2, 0) is 4.79 Å². The number of carboxylic acid groups (broad SMARTS) is 1. The molecule has 1 atom stereocenters. The van der Waals surface area contributed by atoms with Crippen molar-refractivity contribution in [1.29, 1.82) is 0 Å². The van der Waals surface area contributed by atoms with E-state index in [4.69, 9.17) is 21.4 Å². The number of aliphatic hydroxyl groups is 1. The molecule has 4 nitrogen and oxygen atoms in total. The van der Waals surface area contributed by atoms with Crippen LogP contribution in [0.2, 0.25) is 5.02 Å². The highest BCUT2D eigenvalue weighted by Crippen LogP contribution is 2.33. The third-order valence-electron chi connectivity index (χ3n) is 1.78. The van der Waals surface area contributed by atoms with Gasteiger partial charge in [-0.3, -0.25) is 0 Å². The number of aliphatic carboxylic acids is 1. The van der Waals surface area contributed by atoms with Crippen LogP contribution in [0.1, 0.15) is 11.7 Å². The summed E-state index contributed by atoms with van der Waals surface area (Å²) in [5.41, 5.74) is -0.235. The molecule has 0 radical (unpaired) electrons. The van der Waals surface area contributed by atoms with Gasteiger partial charge in [-0.2, -0.15) is 0 Å². The third-order valence-corrected chi connectivity index (χ3v) is 2.19. The van der Waals surface area contributed by atoms with Gasteiger partial charge in [-0.25, -0.2) is 9.18 Å². The predicted octanol–water partition coefficient (Wildman–Crippen LogP) is 1.61. The molecule has 0 aliphatic rings. The maximum atomic E-state index is 13.0. The minimum atomic E-state index is -1.87. The Bertz CT molecular complexity index is 394. The Morgan fingerprint density at radius 1 is 1.60 bits per heavy atom. The average Bonchev–Trinajstić information content (AvgIpc) is 2.19. The van der Waals surface area contributed by atoms with Crippen molar-refractivity contribution in [3.05, 3.63) is 28.5 Å². The van der Waals surface area contributed by atoms with Crippen LogP contribution in [0.3, 0.4) is 0 Å². The Hall–Kier alpha value is -1.33. The number of ether oxygens (including phenoxy) is 1. The number of methoxy groups -OCH3 is 1. The van der Waals surface area contributed by atoms with E-state index in [2.05, 4.69) is 0 Å². The summed E-state index contributed by atoms with van der Waals surface area (Å²) in [6.07, 6.45) is -1.87. The van der Waals surface area contributed by atoms with Gasteiger partial charge in [0.15, 0.2) is 6.10 Å². The summed E-state index contributed by atoms with van der Waals surface area (Å²) in [6.45, 7) is 0. The van der Waals surface area contributed by atoms with E-state index in [-0.39, 0.29) is 16.3 Å². The molecule has 0 aliphatic carbocycles. The molecule has 0 amide bonds. The molecule has 0 spiro atoms. The topological polar surface area (TPSA) is 66.8 Å². The second kappa shape index (κ2) is 4.46. The number of rotatable bonds is 3. The van der Waals surface area contributed by atoms with Crippen molar-refractivity contribution < 1.29 is 24.1 Å². The van der Waals surface area contributed by atoms with Gasteiger partial charge in [0.05, 0.1) is 12.1 Å². The summed E-state index contributed by atoms with van der Waals surface area (Å²) in [6, 6.07) is 1.85. The summed E-state index contributed by atoms with van der Waals surface area (Å²) < 4.78 is 17.7. The first-order chi connectivity index (χ1) is 6.97. The zero-order chi connectivity index (χ0) is 11.6. The first-order valence-corrected chi connectivity index (χ1v) is 4.29. The number of hydrogen-bond donors (Lipinski definition) is 2. The normalized spacial score (nSPS) is 12.3. The fourth-order valence-electron chi connectivity index (χ4n) is 1.06. The van der Waals surface area contributed by atoms with Gasteiger partial charge < -0.3 is 14.9 Å². The summed E-state index contributed by atoms with van der Waals surface area (Å²) in [5, 5.41) is 17.6. The molecule has 0 fully saturated rings. The minimum Gasteiger partial charge on any atom is -0.495 e. The van der Waals surface area contributed by atoms with Gasteiger partial charge in [0.25, 0.3) is 0 Å². The molecule has 6 heteroatoms. The zero-order valence-corrected chi connectivity index (χ0v) is 8.45. The van der Waals surface area contributed by atoms with Crippen LogP contribution < -0.4 is 4.74 Å². The van der Waals surface area contributed by atoms with Gasteiger partial charge in [-0.15, -0.1) is 0 Å². The maximum absolute atomic E-state index is 13.0. The summed E-state index contributed by atoms with van der Waals surface area (Å²) in [5.74, 6) is -2.26. The molecular formula is C9H8ClFO4. The van der Waals surface area contributed by atoms with Gasteiger partial charge in [-0.05, 0) is 6.07 Å². The van der Waals surface area contributed by atoms with Gasteiger partial charge in [0, 0.05) is 11.6 Å². The lowest BCUT2D eigenvalue weighted by molar-refractivity contribution is -0.146. The molecule has 0 aliphatic heterocycles. The second-order valence-corrected chi connectivity index (χ2v) is 3.13. The predicted molar refractivity (Wildman–Crippen MR) is 50.6 cm³/mol. The van der Waals surface area contributed by atoms with E-state index in [1.807, 2.05) is 0 Å². The Morgan fingerprint density at radius 3 is 2.67 bits per heavy atom. The SMILES string of the molecule is COc1cc(F)cc(C(O)C(=O)O)c1Cl. The van der Waals surface area contributed by atoms with Crippen LogP contribution in [-0.4, -0.2) is 23.3 Å². The number of carbonyl (C=O) groups is 1. The van der Waals surface area contributed by atoms with Crippen LogP contribution in [0.5, 0.6) is 5.75 Å². The number of halogens is 2. The van der Waals surface area contributed by atoms with Crippen LogP contribution in [0.25, 0.3) is 0 Å². The largest absolute Gasteiger partial charge is 0.495 e. The average molecular weight is 235 g/mol. The van der Waals surface area contributed by atoms with Crippen molar-refractivity contribution in [2.24, 2.45) is 0 Å². The molecule has 0 aromatic heterocycles. The lowest BCUT2D eigenvalue weighted by Crippen LogP contribution is -2.11. The number of hydrogen-bond acceptors (Lipinski definition) is 3. The summed E-state index contributed by atoms with van der Waals surface area (Å²) >= 11 is 5.70. The lowest BCUT2D eigenvalue weighted by atomic mass is 10.1. The fraction of sp³-hybridized carbons (Fsp3) is 0.222. The standard InChI is InChI=1S/C9H8ClFO4/c1-15-6-3-4(11)2-5(7(6)10)8(12)9(13)14/h2-3,8,12H,1H3,(H,13,14). The quantitative estimate of drug-likeness (QED) is 0.834. The number of aliphatic hydroxyl groups excluding tert-OH is 1. The molecule has 0 heterocycles. The smallest absolute Gasteiger partial charge is 0.337 e. The highest BCUT2D eigenvalue weighted by atomic mass is 35.5. The van der Waals surface area contributed by atoms with Crippen molar-refractivity contribution in [1.82, 2.24) is 0 Å². The number of benzene rings is 1. The van der Waals surface area contributed by atoms with Crippen molar-refractivity contribution in [2.75, 3.05) is 7.11 Å². The van der Waals surface area contributed by atoms with Crippen molar-refractivity contribution in [2.45, 2.75) is 6.10 Å². The minimum absolute atomic E-state index is 0.0213. The molecule has 15 heavy (non-hydrogen) atoms. The molecule has 0 bridgehead atoms. The molecular weight excluding hydrogens is 227 g/mol. The molecule has 1 unspecified atom stereocenters. The van der Waals surface area contributed by atoms with E-state index in [0.29, 0.717) is 0 Å². The van der Waals surface area contributed by atoms with Crippen molar-refractivity contribution >= 4 is 17.6 Å². The van der Waals surface area contributed by atoms with E-state index in [9.17, 15) is 14.3 Å². The molecule has 1 rings (SSSR count). The molecule has 1 aromatic carbocycles. The third kappa shape index (κ3) is 2.37. The van der Waals surface area contributed by atoms with Gasteiger partial charge in [-0.1, -0.05) is 11.6 Å². The van der Waals surface area contributed by atoms with Crippen LogP contribution in [0.4, 0.5) is 4.39 Å². The highest BCUT2D eigenvalue weighted by Gasteiger charge is 2.22. The fourth-order valence-corrected chi connectivity index (χ4v) is 1.35. The first kappa shape index (κ1) is 11.7. The molecule has 1 aromatic rings. The molecule has 0 saturated carbocycles. The van der Waals surface area contributed by atoms with E-state index in [1.54, 1.807) is 0 Å². The van der Waals surface area contributed by atoms with Crippen LogP contribution in [0.15, 0.2) is 12.1 Å². The van der Waals surface area contributed by atoms with Crippen molar-refractivity contribution in [3.63, 3.8) is 0 Å². The Labute approximate surface area is 89.9 Å². The van der Waals surface area contributed by atoms with Gasteiger partial charge >= 0.3 is 5.97 Å². The maximum Gasteiger partial charge on any atom is 0.337 e. The van der Waals surface area contributed by atoms with E-state index in [1.165, 1.54) is 7.11 Å². The Kier molecular flexibility index (Phi) is 3.49. The molecule has 82 valence electrons. The number of carboxylic acids is 1. The zero-order valence-electron chi connectivity index (χ0n) is 7.70. The van der Waals surface area contributed by atoms with E-state index >= 15 is 0 Å². The van der Waals surface area contributed by atoms with E-state index < -0.39 is 17.9 Å². The summed E-state index contributed by atoms with van der Waals surface area (Å²) in [7, 11) is 1.26.